The van der Waals surface area contributed by atoms with Crippen LogP contribution in [0, 0.1) is 5.82 Å². The normalized spacial score (nSPS) is 14.7. The van der Waals surface area contributed by atoms with Crippen LogP contribution in [0.2, 0.25) is 0 Å². The fourth-order valence-corrected chi connectivity index (χ4v) is 2.63. The molecule has 1 aliphatic heterocycles. The lowest BCUT2D eigenvalue weighted by Crippen LogP contribution is -2.30. The zero-order valence-corrected chi connectivity index (χ0v) is 11.8. The number of likely N-dealkylation sites (N-methyl/N-ethyl adjacent to an activating group) is 1. The number of aromatic nitrogens is 1. The maximum absolute atomic E-state index is 13.4. The molecule has 1 aromatic carbocycles. The number of hydrogen-bond donors (Lipinski definition) is 1. The van der Waals surface area contributed by atoms with Crippen molar-refractivity contribution in [2.24, 2.45) is 5.73 Å². The van der Waals surface area contributed by atoms with Crippen molar-refractivity contribution in [1.29, 1.82) is 0 Å². The highest BCUT2D eigenvalue weighted by Gasteiger charge is 2.23. The third-order valence-corrected chi connectivity index (χ3v) is 3.54. The largest absolute Gasteiger partial charge is 0.366 e. The van der Waals surface area contributed by atoms with E-state index in [4.69, 9.17) is 5.73 Å². The van der Waals surface area contributed by atoms with Crippen molar-refractivity contribution < 1.29 is 9.18 Å². The number of nitrogens with zero attached hydrogens (tertiary/aromatic N) is 2. The van der Waals surface area contributed by atoms with Gasteiger partial charge in [-0.1, -0.05) is 0 Å². The van der Waals surface area contributed by atoms with Crippen LogP contribution >= 0.6 is 12.4 Å². The van der Waals surface area contributed by atoms with Crippen LogP contribution in [-0.2, 0) is 13.0 Å². The lowest BCUT2D eigenvalue weighted by Gasteiger charge is -2.26. The van der Waals surface area contributed by atoms with E-state index in [0.717, 1.165) is 24.2 Å². The Morgan fingerprint density at radius 1 is 1.45 bits per heavy atom. The number of halogens is 2. The van der Waals surface area contributed by atoms with Crippen molar-refractivity contribution >= 4 is 29.2 Å². The van der Waals surface area contributed by atoms with Gasteiger partial charge in [-0.2, -0.15) is 0 Å². The van der Waals surface area contributed by atoms with E-state index in [1.165, 1.54) is 12.1 Å². The lowest BCUT2D eigenvalue weighted by atomic mass is 9.95. The second-order valence-corrected chi connectivity index (χ2v) is 4.93. The van der Waals surface area contributed by atoms with Crippen LogP contribution in [0.4, 0.5) is 4.39 Å². The number of hydrogen-bond acceptors (Lipinski definition) is 3. The van der Waals surface area contributed by atoms with Crippen molar-refractivity contribution in [3.05, 3.63) is 40.8 Å². The fourth-order valence-electron chi connectivity index (χ4n) is 2.63. The van der Waals surface area contributed by atoms with Gasteiger partial charge in [0, 0.05) is 36.2 Å². The van der Waals surface area contributed by atoms with Gasteiger partial charge >= 0.3 is 0 Å². The van der Waals surface area contributed by atoms with E-state index in [-0.39, 0.29) is 18.2 Å². The summed E-state index contributed by atoms with van der Waals surface area (Å²) < 4.78 is 13.4. The summed E-state index contributed by atoms with van der Waals surface area (Å²) >= 11 is 0. The van der Waals surface area contributed by atoms with Crippen LogP contribution < -0.4 is 5.73 Å². The Labute approximate surface area is 122 Å². The molecule has 20 heavy (non-hydrogen) atoms. The maximum atomic E-state index is 13.4. The summed E-state index contributed by atoms with van der Waals surface area (Å²) in [7, 11) is 1.98. The van der Waals surface area contributed by atoms with Gasteiger partial charge in [0.25, 0.3) is 0 Å². The Kier molecular flexibility index (Phi) is 3.92. The fraction of sp³-hybridized carbons (Fsp3) is 0.286. The molecule has 2 heterocycles. The molecule has 0 bridgehead atoms. The van der Waals surface area contributed by atoms with Gasteiger partial charge in [0.2, 0.25) is 5.91 Å². The van der Waals surface area contributed by atoms with Gasteiger partial charge in [-0.25, -0.2) is 4.39 Å². The Balaban J connectivity index is 0.00000147. The molecule has 4 nitrogen and oxygen atoms in total. The molecular formula is C14H15ClFN3O. The second-order valence-electron chi connectivity index (χ2n) is 4.93. The highest BCUT2D eigenvalue weighted by atomic mass is 35.5. The third kappa shape index (κ3) is 2.34. The lowest BCUT2D eigenvalue weighted by molar-refractivity contribution is 0.0999. The van der Waals surface area contributed by atoms with E-state index in [2.05, 4.69) is 9.88 Å². The summed E-state index contributed by atoms with van der Waals surface area (Å²) in [5.74, 6) is -0.912. The Bertz CT molecular complexity index is 690. The summed E-state index contributed by atoms with van der Waals surface area (Å²) in [4.78, 5) is 18.4. The smallest absolute Gasteiger partial charge is 0.249 e. The minimum Gasteiger partial charge on any atom is -0.366 e. The van der Waals surface area contributed by atoms with E-state index in [9.17, 15) is 9.18 Å². The number of carbonyl (C=O) groups is 1. The Morgan fingerprint density at radius 2 is 2.20 bits per heavy atom. The van der Waals surface area contributed by atoms with Crippen molar-refractivity contribution in [2.75, 3.05) is 13.6 Å². The summed E-state index contributed by atoms with van der Waals surface area (Å²) in [5.41, 5.74) is 8.25. The molecule has 0 aliphatic carbocycles. The summed E-state index contributed by atoms with van der Waals surface area (Å²) in [5, 5.41) is 0.501. The molecule has 0 unspecified atom stereocenters. The summed E-state index contributed by atoms with van der Waals surface area (Å²) in [6.45, 7) is 1.51. The molecule has 3 rings (SSSR count). The zero-order chi connectivity index (χ0) is 13.6. The maximum Gasteiger partial charge on any atom is 0.249 e. The number of primary amides is 1. The number of nitrogens with two attached hydrogens (primary N) is 1. The first-order valence-electron chi connectivity index (χ1n) is 6.15. The average Bonchev–Trinajstić information content (AvgIpc) is 2.35. The minimum absolute atomic E-state index is 0. The van der Waals surface area contributed by atoms with Crippen molar-refractivity contribution in [3.8, 4) is 0 Å². The molecule has 6 heteroatoms. The van der Waals surface area contributed by atoms with Gasteiger partial charge in [-0.05, 0) is 25.2 Å². The predicted octanol–water partition coefficient (Wildman–Crippen LogP) is 1.88. The molecule has 1 amide bonds. The molecule has 0 radical (unpaired) electrons. The zero-order valence-electron chi connectivity index (χ0n) is 11.0. The van der Waals surface area contributed by atoms with Crippen LogP contribution in [0.25, 0.3) is 10.9 Å². The first-order valence-corrected chi connectivity index (χ1v) is 6.15. The van der Waals surface area contributed by atoms with Crippen LogP contribution in [-0.4, -0.2) is 29.4 Å². The summed E-state index contributed by atoms with van der Waals surface area (Å²) in [6.07, 6.45) is 0.777. The SMILES string of the molecule is CN1CCc2nc3ccc(F)cc3c(C(N)=O)c2C1.Cl. The van der Waals surface area contributed by atoms with Gasteiger partial charge in [0.15, 0.2) is 0 Å². The molecule has 0 saturated carbocycles. The van der Waals surface area contributed by atoms with E-state index in [0.29, 0.717) is 23.0 Å². The first kappa shape index (κ1) is 14.7. The minimum atomic E-state index is -0.524. The first-order chi connectivity index (χ1) is 9.06. The molecule has 2 N–H and O–H groups in total. The standard InChI is InChI=1S/C14H14FN3O.ClH/c1-18-5-4-12-10(7-18)13(14(16)19)9-6-8(15)2-3-11(9)17-12;/h2-3,6H,4-5,7H2,1H3,(H2,16,19);1H. The van der Waals surface area contributed by atoms with Crippen LogP contribution in [0.5, 0.6) is 0 Å². The van der Waals surface area contributed by atoms with Gasteiger partial charge in [0.05, 0.1) is 11.1 Å². The average molecular weight is 296 g/mol. The summed E-state index contributed by atoms with van der Waals surface area (Å²) in [6, 6.07) is 4.27. The van der Waals surface area contributed by atoms with E-state index in [1.54, 1.807) is 6.07 Å². The Morgan fingerprint density at radius 3 is 2.90 bits per heavy atom. The highest BCUT2D eigenvalue weighted by Crippen LogP contribution is 2.27. The third-order valence-electron chi connectivity index (χ3n) is 3.54. The number of pyridine rings is 1. The van der Waals surface area contributed by atoms with Crippen LogP contribution in [0.15, 0.2) is 18.2 Å². The molecular weight excluding hydrogens is 281 g/mol. The molecule has 106 valence electrons. The quantitative estimate of drug-likeness (QED) is 0.874. The van der Waals surface area contributed by atoms with Gasteiger partial charge in [0.1, 0.15) is 5.82 Å². The van der Waals surface area contributed by atoms with E-state index < -0.39 is 5.91 Å². The van der Waals surface area contributed by atoms with E-state index in [1.807, 2.05) is 7.05 Å². The number of rotatable bonds is 1. The monoisotopic (exact) mass is 295 g/mol. The predicted molar refractivity (Wildman–Crippen MR) is 77.5 cm³/mol. The molecule has 2 aromatic rings. The molecule has 1 aliphatic rings. The van der Waals surface area contributed by atoms with Gasteiger partial charge < -0.3 is 10.6 Å². The highest BCUT2D eigenvalue weighted by molar-refractivity contribution is 6.07. The molecule has 0 fully saturated rings. The number of fused-ring (bicyclic) bond motifs is 2. The molecule has 0 spiro atoms. The Hall–Kier alpha value is -1.72. The van der Waals surface area contributed by atoms with Crippen molar-refractivity contribution in [3.63, 3.8) is 0 Å². The number of benzene rings is 1. The molecule has 1 aromatic heterocycles. The number of carbonyl (C=O) groups excluding carboxylic acids is 1. The topological polar surface area (TPSA) is 59.2 Å². The van der Waals surface area contributed by atoms with Crippen molar-refractivity contribution in [2.45, 2.75) is 13.0 Å². The number of amides is 1. The van der Waals surface area contributed by atoms with Gasteiger partial charge in [-0.15, -0.1) is 12.4 Å². The van der Waals surface area contributed by atoms with Crippen LogP contribution in [0.1, 0.15) is 21.6 Å². The molecule has 0 atom stereocenters. The van der Waals surface area contributed by atoms with Crippen LogP contribution in [0.3, 0.4) is 0 Å². The van der Waals surface area contributed by atoms with Crippen molar-refractivity contribution in [1.82, 2.24) is 9.88 Å². The van der Waals surface area contributed by atoms with E-state index >= 15 is 0 Å². The second kappa shape index (κ2) is 5.34. The van der Waals surface area contributed by atoms with Gasteiger partial charge in [-0.3, -0.25) is 9.78 Å². The molecule has 0 saturated heterocycles.